The van der Waals surface area contributed by atoms with Gasteiger partial charge in [-0.2, -0.15) is 5.10 Å². The molecule has 1 aliphatic carbocycles. The van der Waals surface area contributed by atoms with E-state index in [1.54, 1.807) is 22.9 Å². The van der Waals surface area contributed by atoms with Gasteiger partial charge in [-0.3, -0.25) is 14.9 Å². The second-order valence-electron chi connectivity index (χ2n) is 8.18. The fraction of sp³-hybridized carbons (Fsp3) is 0.364. The number of benzene rings is 1. The highest BCUT2D eigenvalue weighted by Crippen LogP contribution is 2.36. The third-order valence-electron chi connectivity index (χ3n) is 5.59. The minimum Gasteiger partial charge on any atom is -0.383 e. The lowest BCUT2D eigenvalue weighted by Gasteiger charge is -2.22. The summed E-state index contributed by atoms with van der Waals surface area (Å²) < 4.78 is 6.80. The number of nitrogen functional groups attached to an aromatic ring is 1. The van der Waals surface area contributed by atoms with Crippen LogP contribution in [-0.2, 0) is 11.2 Å². The number of carbonyl (C=O) groups excluding carboxylic acids is 2. The Kier molecular flexibility index (Phi) is 5.50. The van der Waals surface area contributed by atoms with Gasteiger partial charge in [-0.15, -0.1) is 0 Å². The first-order valence-electron chi connectivity index (χ1n) is 10.4. The minimum absolute atomic E-state index is 0.0179. The second kappa shape index (κ2) is 8.25. The number of nitrogens with two attached hydrogens (primary N) is 2. The van der Waals surface area contributed by atoms with Gasteiger partial charge in [0, 0.05) is 23.6 Å². The maximum atomic E-state index is 12.4. The third kappa shape index (κ3) is 4.16. The minimum atomic E-state index is -0.629. The molecule has 1 saturated carbocycles. The van der Waals surface area contributed by atoms with Crippen molar-refractivity contribution in [3.63, 3.8) is 0 Å². The van der Waals surface area contributed by atoms with Crippen LogP contribution in [0, 0.1) is 0 Å². The van der Waals surface area contributed by atoms with Gasteiger partial charge in [-0.1, -0.05) is 35.8 Å². The van der Waals surface area contributed by atoms with Crippen LogP contribution in [-0.4, -0.2) is 26.8 Å². The molecule has 9 heteroatoms. The maximum absolute atomic E-state index is 12.4. The number of aromatic nitrogens is 3. The summed E-state index contributed by atoms with van der Waals surface area (Å²) in [5.41, 5.74) is 14.6. The molecule has 2 aromatic heterocycles. The molecule has 2 heterocycles. The Hall–Kier alpha value is -3.62. The Balaban J connectivity index is 1.46. The molecule has 0 atom stereocenters. The Bertz CT molecular complexity index is 1110. The number of hydrogen-bond donors (Lipinski definition) is 3. The summed E-state index contributed by atoms with van der Waals surface area (Å²) in [6.07, 6.45) is 3.61. The third-order valence-corrected chi connectivity index (χ3v) is 5.59. The van der Waals surface area contributed by atoms with Crippen molar-refractivity contribution in [2.75, 3.05) is 11.1 Å². The van der Waals surface area contributed by atoms with Crippen LogP contribution < -0.4 is 16.8 Å². The average Bonchev–Trinajstić information content (AvgIpc) is 3.25. The van der Waals surface area contributed by atoms with E-state index in [-0.39, 0.29) is 29.8 Å². The van der Waals surface area contributed by atoms with E-state index in [1.165, 1.54) is 6.42 Å². The first kappa shape index (κ1) is 20.6. The first-order chi connectivity index (χ1) is 14.8. The number of carbonyl (C=O) groups is 2. The largest absolute Gasteiger partial charge is 0.383 e. The number of rotatable bonds is 7. The fourth-order valence-corrected chi connectivity index (χ4v) is 3.68. The molecule has 3 aromatic rings. The zero-order chi connectivity index (χ0) is 22.1. The van der Waals surface area contributed by atoms with E-state index in [2.05, 4.69) is 15.6 Å². The SMILES string of the molecule is CC(C)n1nc(-c2ccc(CC(=O)Nc3cc(C4CCC4)no3)cc2)c(C(N)=O)c1N. The molecule has 162 valence electrons. The van der Waals surface area contributed by atoms with E-state index in [1.807, 2.05) is 26.0 Å². The molecule has 1 fully saturated rings. The van der Waals surface area contributed by atoms with Crippen molar-refractivity contribution in [1.82, 2.24) is 14.9 Å². The molecular weight excluding hydrogens is 396 g/mol. The number of nitrogens with zero attached hydrogens (tertiary/aromatic N) is 3. The summed E-state index contributed by atoms with van der Waals surface area (Å²) in [5.74, 6) is 0.227. The normalized spacial score (nSPS) is 13.9. The van der Waals surface area contributed by atoms with Crippen LogP contribution in [0.5, 0.6) is 0 Å². The quantitative estimate of drug-likeness (QED) is 0.533. The number of hydrogen-bond acceptors (Lipinski definition) is 6. The number of primary amides is 1. The lowest BCUT2D eigenvalue weighted by atomic mass is 9.83. The molecule has 1 aromatic carbocycles. The van der Waals surface area contributed by atoms with E-state index >= 15 is 0 Å². The fourth-order valence-electron chi connectivity index (χ4n) is 3.68. The zero-order valence-corrected chi connectivity index (χ0v) is 17.6. The van der Waals surface area contributed by atoms with Gasteiger partial charge >= 0.3 is 0 Å². The van der Waals surface area contributed by atoms with Crippen LogP contribution in [0.15, 0.2) is 34.9 Å². The average molecular weight is 422 g/mol. The Labute approximate surface area is 179 Å². The van der Waals surface area contributed by atoms with E-state index in [0.29, 0.717) is 23.1 Å². The van der Waals surface area contributed by atoms with E-state index in [9.17, 15) is 9.59 Å². The van der Waals surface area contributed by atoms with Gasteiger partial charge < -0.3 is 16.0 Å². The van der Waals surface area contributed by atoms with E-state index in [0.717, 1.165) is 24.1 Å². The van der Waals surface area contributed by atoms with Gasteiger partial charge in [0.05, 0.1) is 12.1 Å². The summed E-state index contributed by atoms with van der Waals surface area (Å²) in [6, 6.07) is 8.99. The molecule has 2 amide bonds. The summed E-state index contributed by atoms with van der Waals surface area (Å²) in [5, 5.41) is 11.3. The summed E-state index contributed by atoms with van der Waals surface area (Å²) in [4.78, 5) is 24.3. The van der Waals surface area contributed by atoms with Crippen molar-refractivity contribution in [2.24, 2.45) is 5.73 Å². The summed E-state index contributed by atoms with van der Waals surface area (Å²) in [7, 11) is 0. The highest BCUT2D eigenvalue weighted by Gasteiger charge is 2.24. The highest BCUT2D eigenvalue weighted by molar-refractivity contribution is 6.03. The molecule has 0 saturated heterocycles. The van der Waals surface area contributed by atoms with Gasteiger partial charge in [0.15, 0.2) is 0 Å². The lowest BCUT2D eigenvalue weighted by Crippen LogP contribution is -2.15. The van der Waals surface area contributed by atoms with Crippen LogP contribution in [0.2, 0.25) is 0 Å². The second-order valence-corrected chi connectivity index (χ2v) is 8.18. The molecule has 0 bridgehead atoms. The van der Waals surface area contributed by atoms with Crippen molar-refractivity contribution in [3.8, 4) is 11.3 Å². The van der Waals surface area contributed by atoms with Crippen LogP contribution in [0.3, 0.4) is 0 Å². The van der Waals surface area contributed by atoms with Gasteiger partial charge in [-0.05, 0) is 32.3 Å². The predicted octanol–water partition coefficient (Wildman–Crippen LogP) is 3.25. The van der Waals surface area contributed by atoms with Crippen molar-refractivity contribution in [2.45, 2.75) is 51.5 Å². The number of nitrogens with one attached hydrogen (secondary N) is 1. The first-order valence-corrected chi connectivity index (χ1v) is 10.4. The van der Waals surface area contributed by atoms with Crippen molar-refractivity contribution in [1.29, 1.82) is 0 Å². The number of amides is 2. The maximum Gasteiger partial charge on any atom is 0.254 e. The van der Waals surface area contributed by atoms with Crippen molar-refractivity contribution >= 4 is 23.5 Å². The summed E-state index contributed by atoms with van der Waals surface area (Å²) >= 11 is 0. The van der Waals surface area contributed by atoms with Crippen LogP contribution in [0.4, 0.5) is 11.7 Å². The van der Waals surface area contributed by atoms with Crippen LogP contribution >= 0.6 is 0 Å². The highest BCUT2D eigenvalue weighted by atomic mass is 16.5. The van der Waals surface area contributed by atoms with Crippen molar-refractivity contribution in [3.05, 3.63) is 47.2 Å². The van der Waals surface area contributed by atoms with Crippen molar-refractivity contribution < 1.29 is 14.1 Å². The standard InChI is InChI=1S/C22H26N6O3/c1-12(2)28-21(23)19(22(24)30)20(26-28)15-8-6-13(7-9-15)10-17(29)25-18-11-16(27-31-18)14-4-3-5-14/h6-9,11-12,14H,3-5,10,23H2,1-2H3,(H2,24,30)(H,25,29). The van der Waals surface area contributed by atoms with Gasteiger partial charge in [0.25, 0.3) is 5.91 Å². The smallest absolute Gasteiger partial charge is 0.254 e. The molecule has 31 heavy (non-hydrogen) atoms. The van der Waals surface area contributed by atoms with Gasteiger partial charge in [0.1, 0.15) is 17.1 Å². The van der Waals surface area contributed by atoms with Crippen LogP contribution in [0.25, 0.3) is 11.3 Å². The topological polar surface area (TPSA) is 142 Å². The molecule has 4 rings (SSSR count). The zero-order valence-electron chi connectivity index (χ0n) is 17.6. The predicted molar refractivity (Wildman–Crippen MR) is 116 cm³/mol. The Morgan fingerprint density at radius 2 is 1.97 bits per heavy atom. The molecular formula is C22H26N6O3. The molecule has 0 spiro atoms. The molecule has 0 aliphatic heterocycles. The molecule has 9 nitrogen and oxygen atoms in total. The summed E-state index contributed by atoms with van der Waals surface area (Å²) in [6.45, 7) is 3.84. The van der Waals surface area contributed by atoms with E-state index < -0.39 is 5.91 Å². The Morgan fingerprint density at radius 1 is 1.26 bits per heavy atom. The Morgan fingerprint density at radius 3 is 2.55 bits per heavy atom. The van der Waals surface area contributed by atoms with E-state index in [4.69, 9.17) is 16.0 Å². The van der Waals surface area contributed by atoms with Gasteiger partial charge in [0.2, 0.25) is 11.8 Å². The lowest BCUT2D eigenvalue weighted by molar-refractivity contribution is -0.115. The molecule has 5 N–H and O–H groups in total. The van der Waals surface area contributed by atoms with Gasteiger partial charge in [-0.25, -0.2) is 4.68 Å². The monoisotopic (exact) mass is 422 g/mol. The molecule has 1 aliphatic rings. The molecule has 0 unspecified atom stereocenters. The molecule has 0 radical (unpaired) electrons. The van der Waals surface area contributed by atoms with Crippen LogP contribution in [0.1, 0.15) is 66.7 Å². The number of anilines is 2.